The quantitative estimate of drug-likeness (QED) is 0.537. The van der Waals surface area contributed by atoms with E-state index >= 15 is 0 Å². The molecule has 0 heterocycles. The third-order valence-electron chi connectivity index (χ3n) is 2.83. The van der Waals surface area contributed by atoms with Crippen LogP contribution in [0.3, 0.4) is 0 Å². The molecule has 0 spiro atoms. The summed E-state index contributed by atoms with van der Waals surface area (Å²) < 4.78 is 0. The van der Waals surface area contributed by atoms with E-state index in [1.165, 1.54) is 11.3 Å². The van der Waals surface area contributed by atoms with E-state index in [-0.39, 0.29) is 0 Å². The van der Waals surface area contributed by atoms with Gasteiger partial charge in [-0.3, -0.25) is 4.99 Å². The molecule has 0 radical (unpaired) electrons. The lowest BCUT2D eigenvalue weighted by Gasteiger charge is -2.17. The van der Waals surface area contributed by atoms with Crippen LogP contribution >= 0.6 is 0 Å². The summed E-state index contributed by atoms with van der Waals surface area (Å²) in [7, 11) is -1.19. The van der Waals surface area contributed by atoms with Crippen molar-refractivity contribution < 1.29 is 0 Å². The molecule has 0 aliphatic carbocycles. The van der Waals surface area contributed by atoms with Crippen LogP contribution in [0.15, 0.2) is 65.7 Å². The van der Waals surface area contributed by atoms with Crippen molar-refractivity contribution in [2.45, 2.75) is 25.7 Å². The fourth-order valence-electron chi connectivity index (χ4n) is 2.00. The van der Waals surface area contributed by atoms with Gasteiger partial charge in [-0.1, -0.05) is 68.2 Å². The number of nitrogens with zero attached hydrogens (tertiary/aromatic N) is 1. The Kier molecular flexibility index (Phi) is 4.33. The number of rotatable bonds is 4. The van der Waals surface area contributed by atoms with Crippen LogP contribution in [0.5, 0.6) is 0 Å². The van der Waals surface area contributed by atoms with E-state index in [4.69, 9.17) is 4.99 Å². The van der Waals surface area contributed by atoms with Crippen molar-refractivity contribution in [2.24, 2.45) is 4.99 Å². The van der Waals surface area contributed by atoms with Crippen LogP contribution < -0.4 is 0 Å². The van der Waals surface area contributed by atoms with E-state index in [2.05, 4.69) is 62.1 Å². The molecule has 0 fully saturated rings. The van der Waals surface area contributed by atoms with Gasteiger partial charge in [-0.15, -0.1) is 0 Å². The topological polar surface area (TPSA) is 12.4 Å². The highest BCUT2D eigenvalue weighted by Crippen LogP contribution is 2.19. The van der Waals surface area contributed by atoms with E-state index < -0.39 is 8.07 Å². The van der Waals surface area contributed by atoms with Crippen molar-refractivity contribution in [3.05, 3.63) is 66.2 Å². The van der Waals surface area contributed by atoms with Crippen LogP contribution in [0.25, 0.3) is 0 Å². The molecule has 0 atom stereocenters. The van der Waals surface area contributed by atoms with Crippen LogP contribution in [-0.2, 0) is 0 Å². The highest BCUT2D eigenvalue weighted by Gasteiger charge is 2.17. The number of benzene rings is 2. The second kappa shape index (κ2) is 5.98. The van der Waals surface area contributed by atoms with Gasteiger partial charge < -0.3 is 0 Å². The van der Waals surface area contributed by atoms with Gasteiger partial charge in [-0.05, 0) is 23.7 Å². The SMILES string of the molecule is C[Si](C)(C)CC(=Nc1ccccc1)c1ccccc1. The van der Waals surface area contributed by atoms with Crippen molar-refractivity contribution in [1.82, 2.24) is 0 Å². The van der Waals surface area contributed by atoms with E-state index in [0.29, 0.717) is 0 Å². The molecule has 98 valence electrons. The van der Waals surface area contributed by atoms with Crippen molar-refractivity contribution in [2.75, 3.05) is 0 Å². The van der Waals surface area contributed by atoms with Crippen molar-refractivity contribution in [3.63, 3.8) is 0 Å². The minimum atomic E-state index is -1.19. The largest absolute Gasteiger partial charge is 0.253 e. The molecular formula is C17H21NSi. The summed E-state index contributed by atoms with van der Waals surface area (Å²) in [6.07, 6.45) is 0. The summed E-state index contributed by atoms with van der Waals surface area (Å²) >= 11 is 0. The molecule has 2 heteroatoms. The van der Waals surface area contributed by atoms with Gasteiger partial charge in [-0.2, -0.15) is 0 Å². The van der Waals surface area contributed by atoms with Crippen LogP contribution in [0.1, 0.15) is 5.56 Å². The Morgan fingerprint density at radius 3 is 1.89 bits per heavy atom. The van der Waals surface area contributed by atoms with Crippen molar-refractivity contribution in [3.8, 4) is 0 Å². The number of hydrogen-bond acceptors (Lipinski definition) is 1. The second-order valence-corrected chi connectivity index (χ2v) is 11.5. The lowest BCUT2D eigenvalue weighted by molar-refractivity contribution is 1.44. The maximum absolute atomic E-state index is 4.87. The third kappa shape index (κ3) is 4.49. The molecule has 0 saturated carbocycles. The highest BCUT2D eigenvalue weighted by atomic mass is 28.3. The number of aliphatic imine (C=N–C) groups is 1. The highest BCUT2D eigenvalue weighted by molar-refractivity contribution is 6.79. The minimum Gasteiger partial charge on any atom is -0.253 e. The molecule has 2 rings (SSSR count). The smallest absolute Gasteiger partial charge is 0.0633 e. The average Bonchev–Trinajstić information content (AvgIpc) is 2.39. The first-order chi connectivity index (χ1) is 9.04. The molecule has 19 heavy (non-hydrogen) atoms. The van der Waals surface area contributed by atoms with Crippen molar-refractivity contribution in [1.29, 1.82) is 0 Å². The Hall–Kier alpha value is -1.67. The fourth-order valence-corrected chi connectivity index (χ4v) is 3.29. The zero-order chi connectivity index (χ0) is 13.7. The van der Waals surface area contributed by atoms with Crippen LogP contribution in [0.4, 0.5) is 5.69 Å². The first-order valence-electron chi connectivity index (χ1n) is 6.73. The van der Waals surface area contributed by atoms with E-state index in [1.54, 1.807) is 0 Å². The number of hydrogen-bond donors (Lipinski definition) is 0. The molecule has 0 aromatic heterocycles. The summed E-state index contributed by atoms with van der Waals surface area (Å²) in [6, 6.07) is 21.9. The molecule has 2 aromatic rings. The van der Waals surface area contributed by atoms with Crippen LogP contribution in [-0.4, -0.2) is 13.8 Å². The van der Waals surface area contributed by atoms with Crippen LogP contribution in [0.2, 0.25) is 25.7 Å². The molecule has 0 aliphatic heterocycles. The van der Waals surface area contributed by atoms with Crippen LogP contribution in [0, 0.1) is 0 Å². The van der Waals surface area contributed by atoms with Gasteiger partial charge in [0.15, 0.2) is 0 Å². The molecule has 0 amide bonds. The summed E-state index contributed by atoms with van der Waals surface area (Å²) in [5.41, 5.74) is 3.50. The van der Waals surface area contributed by atoms with Gasteiger partial charge in [0.25, 0.3) is 0 Å². The molecule has 0 bridgehead atoms. The molecule has 0 N–H and O–H groups in total. The summed E-state index contributed by atoms with van der Waals surface area (Å²) in [5, 5.41) is 0. The standard InChI is InChI=1S/C17H21NSi/c1-19(2,3)14-17(15-10-6-4-7-11-15)18-16-12-8-5-9-13-16/h4-13H,14H2,1-3H3. The molecule has 0 saturated heterocycles. The molecular weight excluding hydrogens is 246 g/mol. The fraction of sp³-hybridized carbons (Fsp3) is 0.235. The normalized spacial score (nSPS) is 12.5. The lowest BCUT2D eigenvalue weighted by Crippen LogP contribution is -2.24. The maximum atomic E-state index is 4.87. The Morgan fingerprint density at radius 1 is 0.842 bits per heavy atom. The van der Waals surface area contributed by atoms with Gasteiger partial charge in [-0.25, -0.2) is 0 Å². The first kappa shape index (κ1) is 13.8. The lowest BCUT2D eigenvalue weighted by atomic mass is 10.1. The van der Waals surface area contributed by atoms with Crippen molar-refractivity contribution >= 4 is 19.5 Å². The van der Waals surface area contributed by atoms with Gasteiger partial charge >= 0.3 is 0 Å². The summed E-state index contributed by atoms with van der Waals surface area (Å²) in [5.74, 6) is 0. The van der Waals surface area contributed by atoms with E-state index in [1.807, 2.05) is 18.2 Å². The second-order valence-electron chi connectivity index (χ2n) is 6.00. The Balaban J connectivity index is 2.38. The predicted octanol–water partition coefficient (Wildman–Crippen LogP) is 5.15. The molecule has 1 nitrogen and oxygen atoms in total. The minimum absolute atomic E-state index is 1.04. The van der Waals surface area contributed by atoms with E-state index in [9.17, 15) is 0 Å². The molecule has 0 aliphatic rings. The monoisotopic (exact) mass is 267 g/mol. The zero-order valence-corrected chi connectivity index (χ0v) is 12.9. The summed E-state index contributed by atoms with van der Waals surface area (Å²) in [4.78, 5) is 4.87. The molecule has 2 aromatic carbocycles. The average molecular weight is 267 g/mol. The zero-order valence-electron chi connectivity index (χ0n) is 11.9. The van der Waals surface area contributed by atoms with Gasteiger partial charge in [0.05, 0.1) is 13.8 Å². The van der Waals surface area contributed by atoms with Gasteiger partial charge in [0.2, 0.25) is 0 Å². The van der Waals surface area contributed by atoms with Gasteiger partial charge in [0, 0.05) is 5.71 Å². The Morgan fingerprint density at radius 2 is 1.37 bits per heavy atom. The predicted molar refractivity (Wildman–Crippen MR) is 87.2 cm³/mol. The van der Waals surface area contributed by atoms with Gasteiger partial charge in [0.1, 0.15) is 0 Å². The first-order valence-corrected chi connectivity index (χ1v) is 10.4. The number of para-hydroxylation sites is 1. The summed E-state index contributed by atoms with van der Waals surface area (Å²) in [6.45, 7) is 7.16. The third-order valence-corrected chi connectivity index (χ3v) is 4.22. The maximum Gasteiger partial charge on any atom is 0.0633 e. The molecule has 0 unspecified atom stereocenters. The van der Waals surface area contributed by atoms with E-state index in [0.717, 1.165) is 11.7 Å². The Bertz CT molecular complexity index is 538. The Labute approximate surface area is 117 Å².